The number of nitrogens with zero attached hydrogens (tertiary/aromatic N) is 1. The summed E-state index contributed by atoms with van der Waals surface area (Å²) in [6, 6.07) is 8.13. The lowest BCUT2D eigenvalue weighted by Gasteiger charge is -2.25. The average Bonchev–Trinajstić information content (AvgIpc) is 3.69. The number of aryl methyl sites for hydroxylation is 1. The van der Waals surface area contributed by atoms with Crippen molar-refractivity contribution in [1.29, 1.82) is 0 Å². The van der Waals surface area contributed by atoms with E-state index in [0.29, 0.717) is 19.4 Å². The van der Waals surface area contributed by atoms with Gasteiger partial charge in [0, 0.05) is 25.2 Å². The molecule has 0 spiro atoms. The first-order chi connectivity index (χ1) is 20.8. The zero-order chi connectivity index (χ0) is 32.0. The highest BCUT2D eigenvalue weighted by atomic mass is 16.6. The molecule has 0 radical (unpaired) electrons. The molecule has 2 aromatic rings. The molecule has 1 aliphatic heterocycles. The van der Waals surface area contributed by atoms with Crippen LogP contribution in [0.15, 0.2) is 47.4 Å². The van der Waals surface area contributed by atoms with Crippen molar-refractivity contribution >= 4 is 35.3 Å². The number of hydrogen-bond donors (Lipinski definition) is 4. The maximum Gasteiger partial charge on any atom is 0.412 e. The first kappa shape index (κ1) is 32.4. The molecule has 12 heteroatoms. The number of carbonyl (C=O) groups excluding carboxylic acids is 5. The van der Waals surface area contributed by atoms with Crippen LogP contribution in [0.2, 0.25) is 0 Å². The standard InChI is InChI=1S/C32H41N5O7/c1-19-7-5-8-21(15-19)18-34-29(41)26(38)24(17-22-12-13-33-27(22)39)35-28(40)25(16-20-10-11-20)37-14-6-9-23(30(37)42)36-31(43)44-32(2,3)4/h5-9,14-15,20,22,24-25H,10-13,16-18H2,1-4H3,(H,33,39)(H,34,41)(H,35,40)(H,36,43)/t22-,24-,25-/m0/s1. The number of aromatic nitrogens is 1. The Labute approximate surface area is 256 Å². The molecule has 3 atom stereocenters. The summed E-state index contributed by atoms with van der Waals surface area (Å²) in [5.74, 6) is -2.98. The van der Waals surface area contributed by atoms with E-state index in [0.717, 1.165) is 24.0 Å². The molecule has 4 rings (SSSR count). The van der Waals surface area contributed by atoms with Crippen molar-refractivity contribution < 1.29 is 28.7 Å². The van der Waals surface area contributed by atoms with Gasteiger partial charge in [0.1, 0.15) is 17.3 Å². The highest BCUT2D eigenvalue weighted by molar-refractivity contribution is 6.38. The van der Waals surface area contributed by atoms with Crippen LogP contribution in [0.3, 0.4) is 0 Å². The smallest absolute Gasteiger partial charge is 0.412 e. The van der Waals surface area contributed by atoms with Crippen LogP contribution in [0, 0.1) is 18.8 Å². The van der Waals surface area contributed by atoms with E-state index in [4.69, 9.17) is 4.74 Å². The summed E-state index contributed by atoms with van der Waals surface area (Å²) in [5, 5.41) is 10.5. The second-order valence-electron chi connectivity index (χ2n) is 12.6. The predicted octanol–water partition coefficient (Wildman–Crippen LogP) is 2.74. The molecule has 4 amide bonds. The molecule has 1 saturated heterocycles. The Balaban J connectivity index is 1.54. The molecule has 0 unspecified atom stereocenters. The van der Waals surface area contributed by atoms with Crippen LogP contribution in [0.4, 0.5) is 10.5 Å². The van der Waals surface area contributed by atoms with Crippen molar-refractivity contribution in [2.75, 3.05) is 11.9 Å². The van der Waals surface area contributed by atoms with Crippen molar-refractivity contribution in [2.24, 2.45) is 11.8 Å². The number of rotatable bonds is 12. The number of amides is 4. The van der Waals surface area contributed by atoms with Crippen LogP contribution in [0.5, 0.6) is 0 Å². The molecule has 2 aliphatic rings. The summed E-state index contributed by atoms with van der Waals surface area (Å²) < 4.78 is 6.48. The minimum absolute atomic E-state index is 0.0560. The van der Waals surface area contributed by atoms with E-state index in [1.54, 1.807) is 20.8 Å². The van der Waals surface area contributed by atoms with E-state index in [9.17, 15) is 28.8 Å². The number of benzene rings is 1. The number of ketones is 1. The van der Waals surface area contributed by atoms with Gasteiger partial charge in [0.25, 0.3) is 11.5 Å². The number of carbonyl (C=O) groups is 5. The van der Waals surface area contributed by atoms with E-state index >= 15 is 0 Å². The normalized spacial score (nSPS) is 17.6. The molecule has 1 aromatic heterocycles. The summed E-state index contributed by atoms with van der Waals surface area (Å²) >= 11 is 0. The van der Waals surface area contributed by atoms with E-state index in [2.05, 4.69) is 21.3 Å². The van der Waals surface area contributed by atoms with Gasteiger partial charge in [-0.1, -0.05) is 42.7 Å². The van der Waals surface area contributed by atoms with Crippen LogP contribution in [-0.2, 0) is 30.5 Å². The van der Waals surface area contributed by atoms with Gasteiger partial charge in [-0.05, 0) is 70.6 Å². The number of pyridine rings is 1. The lowest BCUT2D eigenvalue weighted by atomic mass is 9.94. The Morgan fingerprint density at radius 2 is 1.80 bits per heavy atom. The highest BCUT2D eigenvalue weighted by Gasteiger charge is 2.37. The van der Waals surface area contributed by atoms with Gasteiger partial charge in [0.15, 0.2) is 0 Å². The molecular formula is C32H41N5O7. The van der Waals surface area contributed by atoms with Crippen LogP contribution < -0.4 is 26.8 Å². The minimum atomic E-state index is -1.28. The molecular weight excluding hydrogens is 566 g/mol. The zero-order valence-electron chi connectivity index (χ0n) is 25.6. The fourth-order valence-electron chi connectivity index (χ4n) is 5.18. The van der Waals surface area contributed by atoms with Crippen LogP contribution in [0.25, 0.3) is 0 Å². The van der Waals surface area contributed by atoms with Crippen LogP contribution >= 0.6 is 0 Å². The fraction of sp³-hybridized carbons (Fsp3) is 0.500. The number of ether oxygens (including phenoxy) is 1. The second-order valence-corrected chi connectivity index (χ2v) is 12.6. The summed E-state index contributed by atoms with van der Waals surface area (Å²) in [6.07, 6.45) is 3.15. The predicted molar refractivity (Wildman–Crippen MR) is 163 cm³/mol. The Morgan fingerprint density at radius 1 is 1.05 bits per heavy atom. The maximum atomic E-state index is 13.8. The number of Topliss-reactive ketones (excluding diaryl/α,β-unsaturated/α-hetero) is 1. The second kappa shape index (κ2) is 13.9. The number of anilines is 1. The molecule has 12 nitrogen and oxygen atoms in total. The van der Waals surface area contributed by atoms with Crippen LogP contribution in [0.1, 0.15) is 70.0 Å². The molecule has 1 aliphatic carbocycles. The maximum absolute atomic E-state index is 13.8. The molecule has 236 valence electrons. The van der Waals surface area contributed by atoms with Gasteiger partial charge in [0.2, 0.25) is 17.6 Å². The van der Waals surface area contributed by atoms with Gasteiger partial charge in [-0.25, -0.2) is 4.79 Å². The summed E-state index contributed by atoms with van der Waals surface area (Å²) in [6.45, 7) is 7.56. The first-order valence-electron chi connectivity index (χ1n) is 15.0. The Morgan fingerprint density at radius 3 is 2.43 bits per heavy atom. The molecule has 2 heterocycles. The summed E-state index contributed by atoms with van der Waals surface area (Å²) in [7, 11) is 0. The first-order valence-corrected chi connectivity index (χ1v) is 15.0. The average molecular weight is 608 g/mol. The monoisotopic (exact) mass is 607 g/mol. The van der Waals surface area contributed by atoms with Gasteiger partial charge in [-0.3, -0.25) is 29.3 Å². The van der Waals surface area contributed by atoms with Crippen molar-refractivity contribution in [3.8, 4) is 0 Å². The van der Waals surface area contributed by atoms with Crippen molar-refractivity contribution in [3.63, 3.8) is 0 Å². The van der Waals surface area contributed by atoms with Crippen molar-refractivity contribution in [3.05, 3.63) is 64.1 Å². The largest absolute Gasteiger partial charge is 0.444 e. The van der Waals surface area contributed by atoms with E-state index in [1.165, 1.54) is 22.9 Å². The van der Waals surface area contributed by atoms with Gasteiger partial charge in [-0.15, -0.1) is 0 Å². The van der Waals surface area contributed by atoms with Crippen molar-refractivity contribution in [2.45, 2.75) is 84.0 Å². The minimum Gasteiger partial charge on any atom is -0.444 e. The van der Waals surface area contributed by atoms with E-state index < -0.39 is 52.9 Å². The SMILES string of the molecule is Cc1cccc(CNC(=O)C(=O)[C@H](C[C@@H]2CCNC2=O)NC(=O)[C@H](CC2CC2)n2cccc(NC(=O)OC(C)(C)C)c2=O)c1. The Kier molecular flexibility index (Phi) is 10.2. The van der Waals surface area contributed by atoms with E-state index in [-0.39, 0.29) is 30.5 Å². The zero-order valence-corrected chi connectivity index (χ0v) is 25.6. The van der Waals surface area contributed by atoms with E-state index in [1.807, 2.05) is 31.2 Å². The third-order valence-electron chi connectivity index (χ3n) is 7.58. The molecule has 2 fully saturated rings. The Hall–Kier alpha value is -4.48. The van der Waals surface area contributed by atoms with Gasteiger partial charge < -0.3 is 25.3 Å². The lowest BCUT2D eigenvalue weighted by molar-refractivity contribution is -0.141. The topological polar surface area (TPSA) is 165 Å². The van der Waals surface area contributed by atoms with Gasteiger partial charge >= 0.3 is 6.09 Å². The third-order valence-corrected chi connectivity index (χ3v) is 7.58. The van der Waals surface area contributed by atoms with Crippen LogP contribution in [-0.4, -0.2) is 52.4 Å². The molecule has 0 bridgehead atoms. The molecule has 1 saturated carbocycles. The highest BCUT2D eigenvalue weighted by Crippen LogP contribution is 2.37. The molecule has 44 heavy (non-hydrogen) atoms. The van der Waals surface area contributed by atoms with Gasteiger partial charge in [-0.2, -0.15) is 0 Å². The fourth-order valence-corrected chi connectivity index (χ4v) is 5.18. The summed E-state index contributed by atoms with van der Waals surface area (Å²) in [5.41, 5.74) is 0.346. The number of hydrogen-bond acceptors (Lipinski definition) is 7. The van der Waals surface area contributed by atoms with Crippen molar-refractivity contribution in [1.82, 2.24) is 20.5 Å². The Bertz CT molecular complexity index is 1470. The van der Waals surface area contributed by atoms with Gasteiger partial charge in [0.05, 0.1) is 6.04 Å². The lowest BCUT2D eigenvalue weighted by Crippen LogP contribution is -2.51. The molecule has 1 aromatic carbocycles. The number of nitrogens with one attached hydrogen (secondary N) is 4. The third kappa shape index (κ3) is 9.01. The quantitative estimate of drug-likeness (QED) is 0.270. The summed E-state index contributed by atoms with van der Waals surface area (Å²) in [4.78, 5) is 78.4. The molecule has 4 N–H and O–H groups in total.